The summed E-state index contributed by atoms with van der Waals surface area (Å²) < 4.78 is 16.7. The predicted molar refractivity (Wildman–Crippen MR) is 108 cm³/mol. The van der Waals surface area contributed by atoms with E-state index in [0.29, 0.717) is 29.2 Å². The molecule has 30 heavy (non-hydrogen) atoms. The van der Waals surface area contributed by atoms with Crippen LogP contribution in [0, 0.1) is 12.8 Å². The molecule has 0 saturated heterocycles. The maximum atomic E-state index is 12.2. The highest BCUT2D eigenvalue weighted by molar-refractivity contribution is 6.35. The van der Waals surface area contributed by atoms with Crippen LogP contribution >= 0.6 is 0 Å². The predicted octanol–water partition coefficient (Wildman–Crippen LogP) is 4.02. The Balaban J connectivity index is 1.69. The summed E-state index contributed by atoms with van der Waals surface area (Å²) in [5, 5.41) is 3.84. The molecule has 158 valence electrons. The van der Waals surface area contributed by atoms with Crippen molar-refractivity contribution in [2.75, 3.05) is 0 Å². The van der Waals surface area contributed by atoms with Crippen molar-refractivity contribution in [1.29, 1.82) is 0 Å². The van der Waals surface area contributed by atoms with Gasteiger partial charge in [0.25, 0.3) is 5.78 Å². The minimum absolute atomic E-state index is 0.0558. The average molecular weight is 411 g/mol. The monoisotopic (exact) mass is 411 g/mol. The molecule has 1 aliphatic carbocycles. The molecule has 0 radical (unpaired) electrons. The molecule has 0 amide bonds. The number of nitrogens with zero attached hydrogens (tertiary/aromatic N) is 3. The number of aryl methyl sites for hydroxylation is 1. The van der Waals surface area contributed by atoms with Gasteiger partial charge in [-0.15, -0.1) is 0 Å². The van der Waals surface area contributed by atoms with Gasteiger partial charge in [-0.25, -0.2) is 0 Å². The van der Waals surface area contributed by atoms with Gasteiger partial charge in [-0.3, -0.25) is 9.59 Å². The molecule has 8 nitrogen and oxygen atoms in total. The van der Waals surface area contributed by atoms with Gasteiger partial charge >= 0.3 is 12.2 Å². The van der Waals surface area contributed by atoms with Crippen molar-refractivity contribution in [3.63, 3.8) is 0 Å². The van der Waals surface area contributed by atoms with E-state index in [9.17, 15) is 9.59 Å². The fourth-order valence-electron chi connectivity index (χ4n) is 3.65. The summed E-state index contributed by atoms with van der Waals surface area (Å²) in [6.45, 7) is 5.34. The van der Waals surface area contributed by atoms with E-state index in [1.807, 2.05) is 13.8 Å². The largest absolute Gasteiger partial charge is 0.490 e. The number of aromatic nitrogens is 1. The quantitative estimate of drug-likeness (QED) is 0.223. The smallest absolute Gasteiger partial charge is 0.328 e. The van der Waals surface area contributed by atoms with E-state index in [2.05, 4.69) is 9.95 Å². The van der Waals surface area contributed by atoms with Gasteiger partial charge in [0.15, 0.2) is 5.76 Å². The van der Waals surface area contributed by atoms with Crippen molar-refractivity contribution < 1.29 is 28.4 Å². The van der Waals surface area contributed by atoms with Crippen molar-refractivity contribution in [3.8, 4) is 17.1 Å². The van der Waals surface area contributed by atoms with E-state index in [4.69, 9.17) is 19.5 Å². The summed E-state index contributed by atoms with van der Waals surface area (Å²) in [5.74, 6) is 0.191. The van der Waals surface area contributed by atoms with Crippen LogP contribution in [0.2, 0.25) is 0 Å². The molecule has 0 aliphatic heterocycles. The number of ether oxygens (including phenoxy) is 2. The molecule has 0 unspecified atom stereocenters. The number of hydrogen-bond acceptors (Lipinski definition) is 6. The molecule has 2 atom stereocenters. The second-order valence-electron chi connectivity index (χ2n) is 7.69. The van der Waals surface area contributed by atoms with E-state index in [-0.39, 0.29) is 29.7 Å². The van der Waals surface area contributed by atoms with Crippen molar-refractivity contribution in [2.45, 2.75) is 58.7 Å². The lowest BCUT2D eigenvalue weighted by Crippen LogP contribution is -2.31. The molecule has 1 aromatic carbocycles. The molecule has 2 aromatic rings. The topological polar surface area (TPSA) is 115 Å². The zero-order valence-corrected chi connectivity index (χ0v) is 17.3. The van der Waals surface area contributed by atoms with Gasteiger partial charge in [-0.2, -0.15) is 4.79 Å². The Hall–Kier alpha value is -3.25. The lowest BCUT2D eigenvalue weighted by molar-refractivity contribution is -0.154. The van der Waals surface area contributed by atoms with Crippen LogP contribution in [0.25, 0.3) is 16.9 Å². The first-order valence-corrected chi connectivity index (χ1v) is 10.0. The molecule has 8 heteroatoms. The number of benzene rings is 1. The van der Waals surface area contributed by atoms with Crippen LogP contribution in [0.5, 0.6) is 5.75 Å². The van der Waals surface area contributed by atoms with Crippen LogP contribution in [-0.2, 0) is 9.53 Å². The van der Waals surface area contributed by atoms with E-state index < -0.39 is 5.78 Å². The van der Waals surface area contributed by atoms with E-state index >= 15 is 0 Å². The summed E-state index contributed by atoms with van der Waals surface area (Å²) in [6.07, 6.45) is 3.89. The Kier molecular flexibility index (Phi) is 6.79. The average Bonchev–Trinajstić information content (AvgIpc) is 3.10. The number of hydrogen-bond donors (Lipinski definition) is 0. The highest BCUT2D eigenvalue weighted by Gasteiger charge is 2.30. The van der Waals surface area contributed by atoms with Gasteiger partial charge in [0.2, 0.25) is 0 Å². The number of carbonyl (C=O) groups is 2. The van der Waals surface area contributed by atoms with Gasteiger partial charge in [0.1, 0.15) is 11.3 Å². The molecule has 0 N–H and O–H groups in total. The Morgan fingerprint density at radius 3 is 2.67 bits per heavy atom. The highest BCUT2D eigenvalue weighted by atomic mass is 16.5. The highest BCUT2D eigenvalue weighted by Crippen LogP contribution is 2.31. The fourth-order valence-corrected chi connectivity index (χ4v) is 3.65. The van der Waals surface area contributed by atoms with Gasteiger partial charge in [0, 0.05) is 5.56 Å². The van der Waals surface area contributed by atoms with Crippen LogP contribution in [0.1, 0.15) is 55.6 Å². The molecule has 1 aromatic heterocycles. The first kappa shape index (κ1) is 21.5. The molecule has 0 spiro atoms. The van der Waals surface area contributed by atoms with Crippen LogP contribution in [-0.4, -0.2) is 40.1 Å². The number of Topliss-reactive ketones (excluding diaryl/α,β-unsaturated/α-hetero) is 1. The number of ketones is 1. The van der Waals surface area contributed by atoms with E-state index in [1.165, 1.54) is 0 Å². The van der Waals surface area contributed by atoms with E-state index in [0.717, 1.165) is 25.5 Å². The molecular formula is C22H25N3O5. The minimum Gasteiger partial charge on any atom is -0.490 e. The summed E-state index contributed by atoms with van der Waals surface area (Å²) >= 11 is 0. The van der Waals surface area contributed by atoms with Crippen LogP contribution in [0.15, 0.2) is 28.8 Å². The van der Waals surface area contributed by atoms with Crippen molar-refractivity contribution in [1.82, 2.24) is 5.16 Å². The first-order chi connectivity index (χ1) is 14.4. The standard InChI is InChI=1S/C22H25N3O5/c1-13(2)28-22(27)16-5-4-6-18(11-16)29-17-9-7-15(8-10-17)21-20(14(3)25-30-21)19(26)12-24-23/h7-10,12-13,16,18H,4-6,11H2,1-3H3/t16-,18-/m0/s1. The minimum atomic E-state index is -0.492. The lowest BCUT2D eigenvalue weighted by atomic mass is 9.87. The Morgan fingerprint density at radius 2 is 2.00 bits per heavy atom. The zero-order valence-electron chi connectivity index (χ0n) is 17.3. The molecule has 1 heterocycles. The second-order valence-corrected chi connectivity index (χ2v) is 7.69. The fraction of sp³-hybridized carbons (Fsp3) is 0.455. The SMILES string of the molecule is Cc1noc(-c2ccc(O[C@H]3CCC[C@H](C(=O)OC(C)C)C3)cc2)c1C(=O)C=[N+]=[N-]. The number of esters is 1. The normalized spacial score (nSPS) is 18.5. The summed E-state index contributed by atoms with van der Waals surface area (Å²) in [4.78, 5) is 27.1. The van der Waals surface area contributed by atoms with Crippen LogP contribution in [0.4, 0.5) is 0 Å². The second kappa shape index (κ2) is 9.50. The third-order valence-corrected chi connectivity index (χ3v) is 5.01. The maximum absolute atomic E-state index is 12.2. The van der Waals surface area contributed by atoms with E-state index in [1.54, 1.807) is 31.2 Å². The summed E-state index contributed by atoms with van der Waals surface area (Å²) in [5.41, 5.74) is 9.94. The third-order valence-electron chi connectivity index (χ3n) is 5.01. The van der Waals surface area contributed by atoms with Crippen molar-refractivity contribution in [3.05, 3.63) is 41.1 Å². The first-order valence-electron chi connectivity index (χ1n) is 10.0. The Labute approximate surface area is 174 Å². The van der Waals surface area contributed by atoms with Gasteiger partial charge < -0.3 is 19.5 Å². The number of rotatable bonds is 7. The number of carbonyl (C=O) groups excluding carboxylic acids is 2. The summed E-state index contributed by atoms with van der Waals surface area (Å²) in [6, 6.07) is 7.13. The molecular weight excluding hydrogens is 386 g/mol. The lowest BCUT2D eigenvalue weighted by Gasteiger charge is -2.28. The molecule has 0 bridgehead atoms. The molecule has 3 rings (SSSR count). The van der Waals surface area contributed by atoms with Crippen molar-refractivity contribution in [2.24, 2.45) is 5.92 Å². The maximum Gasteiger partial charge on any atom is 0.328 e. The zero-order chi connectivity index (χ0) is 21.7. The Bertz CT molecular complexity index is 958. The van der Waals surface area contributed by atoms with Gasteiger partial charge in [-0.1, -0.05) is 5.16 Å². The Morgan fingerprint density at radius 1 is 1.27 bits per heavy atom. The van der Waals surface area contributed by atoms with Gasteiger partial charge in [-0.05, 0) is 70.7 Å². The third kappa shape index (κ3) is 5.02. The molecule has 1 fully saturated rings. The van der Waals surface area contributed by atoms with Gasteiger partial charge in [0.05, 0.1) is 23.8 Å². The molecule has 1 saturated carbocycles. The molecule has 1 aliphatic rings. The van der Waals surface area contributed by atoms with Crippen LogP contribution in [0.3, 0.4) is 0 Å². The van der Waals surface area contributed by atoms with Crippen molar-refractivity contribution >= 4 is 18.0 Å². The van der Waals surface area contributed by atoms with Crippen LogP contribution < -0.4 is 4.74 Å². The summed E-state index contributed by atoms with van der Waals surface area (Å²) in [7, 11) is 0.